The molecule has 2 rings (SSSR count). The Morgan fingerprint density at radius 2 is 2.00 bits per heavy atom. The van der Waals surface area contributed by atoms with Crippen LogP contribution in [0, 0.1) is 0 Å². The van der Waals surface area contributed by atoms with Gasteiger partial charge >= 0.3 is 0 Å². The number of aliphatic hydroxyl groups is 1. The normalized spacial score (nSPS) is 12.1. The van der Waals surface area contributed by atoms with E-state index in [1.165, 1.54) is 6.26 Å². The maximum Gasteiger partial charge on any atom is 0.175 e. The van der Waals surface area contributed by atoms with Crippen molar-refractivity contribution in [2.75, 3.05) is 6.26 Å². The molecule has 0 saturated heterocycles. The molecule has 0 radical (unpaired) electrons. The minimum absolute atomic E-state index is 0.0593. The van der Waals surface area contributed by atoms with Crippen LogP contribution in [-0.4, -0.2) is 34.5 Å². The van der Waals surface area contributed by atoms with Crippen molar-refractivity contribution >= 4 is 9.84 Å². The van der Waals surface area contributed by atoms with Crippen LogP contribution in [0.5, 0.6) is 0 Å². The molecule has 0 fully saturated rings. The summed E-state index contributed by atoms with van der Waals surface area (Å²) >= 11 is 0. The summed E-state index contributed by atoms with van der Waals surface area (Å²) in [7, 11) is -3.27. The summed E-state index contributed by atoms with van der Waals surface area (Å²) < 4.78 is 25.0. The molecule has 20 heavy (non-hydrogen) atoms. The van der Waals surface area contributed by atoms with E-state index >= 15 is 0 Å². The molecule has 0 bridgehead atoms. The topological polar surface area (TPSA) is 85.1 Å². The Labute approximate surface area is 118 Å². The van der Waals surface area contributed by atoms with Crippen molar-refractivity contribution in [3.05, 3.63) is 30.1 Å². The van der Waals surface area contributed by atoms with E-state index in [0.717, 1.165) is 0 Å². The third-order valence-corrected chi connectivity index (χ3v) is 4.05. The monoisotopic (exact) mass is 295 g/mol. The smallest absolute Gasteiger partial charge is 0.175 e. The van der Waals surface area contributed by atoms with Crippen LogP contribution >= 0.6 is 0 Å². The van der Waals surface area contributed by atoms with E-state index in [4.69, 9.17) is 0 Å². The fourth-order valence-electron chi connectivity index (χ4n) is 2.04. The van der Waals surface area contributed by atoms with Crippen LogP contribution in [0.4, 0.5) is 0 Å². The lowest BCUT2D eigenvalue weighted by Crippen LogP contribution is -2.08. The Kier molecular flexibility index (Phi) is 3.92. The SMILES string of the molecule is CC(C)n1c(CO)nnc1-c1cccc(S(C)(=O)=O)c1. The van der Waals surface area contributed by atoms with Crippen LogP contribution in [0.1, 0.15) is 25.7 Å². The molecule has 0 amide bonds. The van der Waals surface area contributed by atoms with E-state index in [0.29, 0.717) is 17.2 Å². The highest BCUT2D eigenvalue weighted by Gasteiger charge is 2.17. The molecule has 0 unspecified atom stereocenters. The number of hydrogen-bond acceptors (Lipinski definition) is 5. The highest BCUT2D eigenvalue weighted by atomic mass is 32.2. The lowest BCUT2D eigenvalue weighted by atomic mass is 10.2. The first-order valence-corrected chi connectivity index (χ1v) is 8.09. The number of rotatable bonds is 4. The van der Waals surface area contributed by atoms with Gasteiger partial charge in [0.2, 0.25) is 0 Å². The maximum absolute atomic E-state index is 11.6. The molecular weight excluding hydrogens is 278 g/mol. The zero-order chi connectivity index (χ0) is 14.9. The fourth-order valence-corrected chi connectivity index (χ4v) is 2.70. The summed E-state index contributed by atoms with van der Waals surface area (Å²) in [5, 5.41) is 17.3. The Morgan fingerprint density at radius 1 is 1.30 bits per heavy atom. The van der Waals surface area contributed by atoms with Gasteiger partial charge in [-0.05, 0) is 26.0 Å². The zero-order valence-corrected chi connectivity index (χ0v) is 12.4. The second-order valence-corrected chi connectivity index (χ2v) is 6.88. The molecule has 0 aliphatic rings. The molecule has 0 saturated carbocycles. The second-order valence-electron chi connectivity index (χ2n) is 4.86. The Hall–Kier alpha value is -1.73. The van der Waals surface area contributed by atoms with Gasteiger partial charge in [0.05, 0.1) is 4.90 Å². The van der Waals surface area contributed by atoms with Gasteiger partial charge in [-0.3, -0.25) is 0 Å². The van der Waals surface area contributed by atoms with Gasteiger partial charge in [-0.15, -0.1) is 10.2 Å². The molecule has 108 valence electrons. The standard InChI is InChI=1S/C13H17N3O3S/c1-9(2)16-12(8-17)14-15-13(16)10-5-4-6-11(7-10)20(3,18)19/h4-7,9,17H,8H2,1-3H3. The van der Waals surface area contributed by atoms with Gasteiger partial charge in [0.25, 0.3) is 0 Å². The lowest BCUT2D eigenvalue weighted by molar-refractivity contribution is 0.262. The zero-order valence-electron chi connectivity index (χ0n) is 11.6. The Bertz CT molecular complexity index is 720. The van der Waals surface area contributed by atoms with E-state index in [-0.39, 0.29) is 17.5 Å². The summed E-state index contributed by atoms with van der Waals surface area (Å²) in [4.78, 5) is 0.235. The third-order valence-electron chi connectivity index (χ3n) is 2.94. The van der Waals surface area contributed by atoms with Crippen LogP contribution in [0.15, 0.2) is 29.2 Å². The molecule has 2 aromatic rings. The molecule has 7 heteroatoms. The highest BCUT2D eigenvalue weighted by Crippen LogP contribution is 2.24. The quantitative estimate of drug-likeness (QED) is 0.922. The number of hydrogen-bond donors (Lipinski definition) is 1. The number of nitrogens with zero attached hydrogens (tertiary/aromatic N) is 3. The minimum Gasteiger partial charge on any atom is -0.388 e. The molecule has 0 aliphatic carbocycles. The van der Waals surface area contributed by atoms with Crippen molar-refractivity contribution < 1.29 is 13.5 Å². The van der Waals surface area contributed by atoms with Crippen molar-refractivity contribution in [3.8, 4) is 11.4 Å². The van der Waals surface area contributed by atoms with Crippen LogP contribution in [0.25, 0.3) is 11.4 Å². The first-order valence-electron chi connectivity index (χ1n) is 6.19. The minimum atomic E-state index is -3.27. The van der Waals surface area contributed by atoms with Gasteiger partial charge in [0.1, 0.15) is 6.61 Å². The largest absolute Gasteiger partial charge is 0.388 e. The first kappa shape index (κ1) is 14.7. The average molecular weight is 295 g/mol. The van der Waals surface area contributed by atoms with Crippen molar-refractivity contribution in [2.24, 2.45) is 0 Å². The fraction of sp³-hybridized carbons (Fsp3) is 0.385. The van der Waals surface area contributed by atoms with Crippen molar-refractivity contribution in [3.63, 3.8) is 0 Å². The molecule has 1 heterocycles. The van der Waals surface area contributed by atoms with Gasteiger partial charge < -0.3 is 9.67 Å². The van der Waals surface area contributed by atoms with Crippen LogP contribution in [0.2, 0.25) is 0 Å². The maximum atomic E-state index is 11.6. The number of aliphatic hydroxyl groups excluding tert-OH is 1. The van der Waals surface area contributed by atoms with E-state index in [1.54, 1.807) is 28.8 Å². The predicted octanol–water partition coefficient (Wildman–Crippen LogP) is 1.42. The van der Waals surface area contributed by atoms with Gasteiger partial charge in [-0.2, -0.15) is 0 Å². The number of aromatic nitrogens is 3. The summed E-state index contributed by atoms with van der Waals surface area (Å²) in [5.74, 6) is 1.01. The van der Waals surface area contributed by atoms with Crippen LogP contribution in [-0.2, 0) is 16.4 Å². The second kappa shape index (κ2) is 5.34. The summed E-state index contributed by atoms with van der Waals surface area (Å²) in [6.07, 6.45) is 1.17. The molecule has 6 nitrogen and oxygen atoms in total. The van der Waals surface area contributed by atoms with E-state index < -0.39 is 9.84 Å². The Morgan fingerprint density at radius 3 is 2.55 bits per heavy atom. The Balaban J connectivity index is 2.61. The summed E-state index contributed by atoms with van der Waals surface area (Å²) in [6.45, 7) is 3.69. The molecule has 0 atom stereocenters. The summed E-state index contributed by atoms with van der Waals surface area (Å²) in [5.41, 5.74) is 0.661. The molecule has 1 aromatic heterocycles. The van der Waals surface area contributed by atoms with Gasteiger partial charge in [-0.25, -0.2) is 8.42 Å². The van der Waals surface area contributed by atoms with Gasteiger partial charge in [-0.1, -0.05) is 12.1 Å². The van der Waals surface area contributed by atoms with E-state index in [9.17, 15) is 13.5 Å². The molecule has 1 aromatic carbocycles. The average Bonchev–Trinajstić information content (AvgIpc) is 2.81. The highest BCUT2D eigenvalue weighted by molar-refractivity contribution is 7.90. The number of sulfone groups is 1. The van der Waals surface area contributed by atoms with Crippen molar-refractivity contribution in [1.82, 2.24) is 14.8 Å². The van der Waals surface area contributed by atoms with E-state index in [1.807, 2.05) is 13.8 Å². The molecule has 1 N–H and O–H groups in total. The predicted molar refractivity (Wildman–Crippen MR) is 74.9 cm³/mol. The van der Waals surface area contributed by atoms with E-state index in [2.05, 4.69) is 10.2 Å². The van der Waals surface area contributed by atoms with Crippen LogP contribution in [0.3, 0.4) is 0 Å². The lowest BCUT2D eigenvalue weighted by Gasteiger charge is -2.13. The van der Waals surface area contributed by atoms with Crippen LogP contribution < -0.4 is 0 Å². The third kappa shape index (κ3) is 2.73. The van der Waals surface area contributed by atoms with Crippen molar-refractivity contribution in [1.29, 1.82) is 0 Å². The molecule has 0 aliphatic heterocycles. The van der Waals surface area contributed by atoms with Gasteiger partial charge in [0.15, 0.2) is 21.5 Å². The summed E-state index contributed by atoms with van der Waals surface area (Å²) in [6, 6.07) is 6.62. The first-order chi connectivity index (χ1) is 9.34. The van der Waals surface area contributed by atoms with Crippen molar-refractivity contribution in [2.45, 2.75) is 31.4 Å². The molecular formula is C13H17N3O3S. The van der Waals surface area contributed by atoms with Gasteiger partial charge in [0, 0.05) is 17.9 Å². The molecule has 0 spiro atoms. The number of benzene rings is 1.